The number of aryl methyl sites for hydroxylation is 1. The van der Waals surface area contributed by atoms with Crippen LogP contribution in [0.2, 0.25) is 0 Å². The van der Waals surface area contributed by atoms with E-state index in [2.05, 4.69) is 15.4 Å². The first-order valence-electron chi connectivity index (χ1n) is 11.3. The fourth-order valence-corrected chi connectivity index (χ4v) is 4.23. The Hall–Kier alpha value is -3.38. The lowest BCUT2D eigenvalue weighted by molar-refractivity contribution is -0.132. The number of halogens is 3. The van der Waals surface area contributed by atoms with E-state index in [-0.39, 0.29) is 13.1 Å². The number of hydrazine groups is 1. The number of carbonyl (C=O) groups is 2. The lowest BCUT2D eigenvalue weighted by Gasteiger charge is -2.26. The smallest absolute Gasteiger partial charge is 0.414 e. The van der Waals surface area contributed by atoms with Crippen molar-refractivity contribution in [1.29, 1.82) is 0 Å². The maximum atomic E-state index is 15.3. The second-order valence-electron chi connectivity index (χ2n) is 8.39. The summed E-state index contributed by atoms with van der Waals surface area (Å²) < 4.78 is 45.1. The third kappa shape index (κ3) is 6.01. The van der Waals surface area contributed by atoms with Gasteiger partial charge in [0.1, 0.15) is 11.9 Å². The van der Waals surface area contributed by atoms with E-state index in [1.165, 1.54) is 11.0 Å². The molecule has 0 spiro atoms. The van der Waals surface area contributed by atoms with E-state index in [1.807, 2.05) is 28.4 Å². The topological polar surface area (TPSA) is 90.0 Å². The van der Waals surface area contributed by atoms with Crippen LogP contribution in [0.4, 0.5) is 29.3 Å². The van der Waals surface area contributed by atoms with Crippen molar-refractivity contribution in [1.82, 2.24) is 20.7 Å². The van der Waals surface area contributed by atoms with Crippen molar-refractivity contribution in [2.45, 2.75) is 26.0 Å². The van der Waals surface area contributed by atoms with E-state index >= 15 is 4.39 Å². The van der Waals surface area contributed by atoms with Crippen LogP contribution in [0.25, 0.3) is 0 Å². The van der Waals surface area contributed by atoms with Crippen LogP contribution in [-0.4, -0.2) is 73.8 Å². The zero-order chi connectivity index (χ0) is 24.9. The maximum absolute atomic E-state index is 15.3. The molecule has 2 aliphatic rings. The van der Waals surface area contributed by atoms with Gasteiger partial charge in [0.2, 0.25) is 0 Å². The number of hydrogen-bond donors (Lipinski definition) is 2. The molecule has 1 aromatic heterocycles. The van der Waals surface area contributed by atoms with Crippen molar-refractivity contribution < 1.29 is 27.5 Å². The van der Waals surface area contributed by atoms with E-state index in [1.54, 1.807) is 19.2 Å². The number of amides is 2. The molecule has 0 bridgehead atoms. The minimum atomic E-state index is -3.15. The van der Waals surface area contributed by atoms with Crippen LogP contribution in [0.1, 0.15) is 11.3 Å². The summed E-state index contributed by atoms with van der Waals surface area (Å²) in [4.78, 5) is 30.9. The van der Waals surface area contributed by atoms with Crippen molar-refractivity contribution in [3.63, 3.8) is 0 Å². The van der Waals surface area contributed by atoms with Gasteiger partial charge in [-0.15, -0.1) is 0 Å². The summed E-state index contributed by atoms with van der Waals surface area (Å²) in [5.41, 5.74) is 5.70. The summed E-state index contributed by atoms with van der Waals surface area (Å²) in [6.07, 6.45) is -2.94. The molecule has 35 heavy (non-hydrogen) atoms. The second-order valence-corrected chi connectivity index (χ2v) is 8.39. The lowest BCUT2D eigenvalue weighted by atomic mass is 10.1. The van der Waals surface area contributed by atoms with E-state index in [4.69, 9.17) is 4.74 Å². The van der Waals surface area contributed by atoms with Crippen molar-refractivity contribution in [2.24, 2.45) is 0 Å². The molecule has 2 aromatic rings. The minimum absolute atomic E-state index is 0.0106. The van der Waals surface area contributed by atoms with Gasteiger partial charge in [0.05, 0.1) is 36.7 Å². The molecule has 1 atom stereocenters. The number of nitrogens with zero attached hydrogens (tertiary/aromatic N) is 4. The molecule has 2 fully saturated rings. The van der Waals surface area contributed by atoms with Gasteiger partial charge in [-0.3, -0.25) is 20.1 Å². The molecular formula is C23H27F3N6O3. The third-order valence-corrected chi connectivity index (χ3v) is 5.88. The van der Waals surface area contributed by atoms with E-state index in [9.17, 15) is 18.4 Å². The Bertz CT molecular complexity index is 1040. The van der Waals surface area contributed by atoms with Crippen LogP contribution in [0, 0.1) is 12.7 Å². The molecule has 9 nitrogen and oxygen atoms in total. The second kappa shape index (κ2) is 10.9. The Labute approximate surface area is 200 Å². The number of alkyl halides is 2. The molecule has 3 heterocycles. The van der Waals surface area contributed by atoms with Crippen LogP contribution in [0.5, 0.6) is 0 Å². The lowest BCUT2D eigenvalue weighted by Crippen LogP contribution is -2.38. The van der Waals surface area contributed by atoms with Crippen LogP contribution in [0.3, 0.4) is 0 Å². The number of benzene rings is 1. The van der Waals surface area contributed by atoms with Crippen LogP contribution in [0.15, 0.2) is 36.5 Å². The Balaban J connectivity index is 1.40. The van der Waals surface area contributed by atoms with Gasteiger partial charge in [-0.05, 0) is 36.8 Å². The van der Waals surface area contributed by atoms with Gasteiger partial charge in [0.15, 0.2) is 0 Å². The van der Waals surface area contributed by atoms with Gasteiger partial charge in [-0.2, -0.15) is 8.78 Å². The average Bonchev–Trinajstić information content (AvgIpc) is 3.05. The number of nitrogens with one attached hydrogen (secondary N) is 2. The fourth-order valence-electron chi connectivity index (χ4n) is 4.23. The Morgan fingerprint density at radius 3 is 2.83 bits per heavy atom. The number of ether oxygens (including phenoxy) is 1. The largest absolute Gasteiger partial charge is 0.442 e. The SMILES string of the molecule is Cc1cc(N2CC(CNC(=O)C(F)F)OC2=O)cc(F)c1N1CCNN(Cc2ccccn2)CC1. The highest BCUT2D eigenvalue weighted by Crippen LogP contribution is 2.31. The summed E-state index contributed by atoms with van der Waals surface area (Å²) in [6.45, 7) is 4.62. The predicted molar refractivity (Wildman–Crippen MR) is 123 cm³/mol. The Morgan fingerprint density at radius 2 is 2.11 bits per heavy atom. The Kier molecular flexibility index (Phi) is 7.71. The first kappa shape index (κ1) is 24.7. The molecule has 1 aromatic carbocycles. The number of anilines is 2. The number of cyclic esters (lactones) is 1. The van der Waals surface area contributed by atoms with E-state index in [0.29, 0.717) is 49.7 Å². The van der Waals surface area contributed by atoms with Gasteiger partial charge in [0.25, 0.3) is 5.91 Å². The predicted octanol–water partition coefficient (Wildman–Crippen LogP) is 2.06. The summed E-state index contributed by atoms with van der Waals surface area (Å²) in [5, 5.41) is 4.08. The standard InChI is InChI=1S/C23H27F3N6O3/c1-15-10-17(32-14-18(35-23(32)34)12-28-22(33)21(25)26)11-19(24)20(15)30-7-6-29-31(9-8-30)13-16-4-2-3-5-27-16/h2-5,10-11,18,21,29H,6-9,12-14H2,1H3,(H,28,33). The zero-order valence-electron chi connectivity index (χ0n) is 19.2. The normalized spacial score (nSPS) is 19.1. The molecule has 0 saturated carbocycles. The maximum Gasteiger partial charge on any atom is 0.414 e. The number of aromatic nitrogens is 1. The molecule has 1 unspecified atom stereocenters. The molecule has 0 radical (unpaired) electrons. The molecule has 12 heteroatoms. The van der Waals surface area contributed by atoms with Gasteiger partial charge in [-0.1, -0.05) is 6.07 Å². The van der Waals surface area contributed by atoms with E-state index < -0.39 is 30.3 Å². The third-order valence-electron chi connectivity index (χ3n) is 5.88. The highest BCUT2D eigenvalue weighted by molar-refractivity contribution is 5.90. The van der Waals surface area contributed by atoms with Crippen LogP contribution in [-0.2, 0) is 16.1 Å². The molecule has 2 saturated heterocycles. The number of pyridine rings is 1. The summed E-state index contributed by atoms with van der Waals surface area (Å²) in [5.74, 6) is -1.91. The summed E-state index contributed by atoms with van der Waals surface area (Å²) >= 11 is 0. The summed E-state index contributed by atoms with van der Waals surface area (Å²) in [6, 6.07) is 8.72. The highest BCUT2D eigenvalue weighted by atomic mass is 19.3. The molecule has 0 aliphatic carbocycles. The fraction of sp³-hybridized carbons (Fsp3) is 0.435. The first-order valence-corrected chi connectivity index (χ1v) is 11.3. The van der Waals surface area contributed by atoms with Crippen LogP contribution >= 0.6 is 0 Å². The van der Waals surface area contributed by atoms with Gasteiger partial charge in [0, 0.05) is 32.4 Å². The van der Waals surface area contributed by atoms with Crippen molar-refractivity contribution in [3.05, 3.63) is 53.6 Å². The van der Waals surface area contributed by atoms with Gasteiger partial charge >= 0.3 is 12.5 Å². The molecule has 188 valence electrons. The highest BCUT2D eigenvalue weighted by Gasteiger charge is 2.34. The number of carbonyl (C=O) groups excluding carboxylic acids is 2. The molecular weight excluding hydrogens is 465 g/mol. The van der Waals surface area contributed by atoms with Gasteiger partial charge < -0.3 is 15.0 Å². The van der Waals surface area contributed by atoms with Gasteiger partial charge in [-0.25, -0.2) is 14.2 Å². The summed E-state index contributed by atoms with van der Waals surface area (Å²) in [7, 11) is 0. The number of hydrogen-bond acceptors (Lipinski definition) is 7. The average molecular weight is 493 g/mol. The molecule has 4 rings (SSSR count). The quantitative estimate of drug-likeness (QED) is 0.612. The monoisotopic (exact) mass is 492 g/mol. The van der Waals surface area contributed by atoms with Crippen molar-refractivity contribution >= 4 is 23.4 Å². The van der Waals surface area contributed by atoms with Crippen LogP contribution < -0.4 is 20.5 Å². The van der Waals surface area contributed by atoms with Crippen molar-refractivity contribution in [3.8, 4) is 0 Å². The first-order chi connectivity index (χ1) is 16.8. The Morgan fingerprint density at radius 1 is 1.29 bits per heavy atom. The number of rotatable bonds is 7. The van der Waals surface area contributed by atoms with E-state index in [0.717, 1.165) is 5.69 Å². The zero-order valence-corrected chi connectivity index (χ0v) is 19.2. The molecule has 2 aliphatic heterocycles. The van der Waals surface area contributed by atoms with Crippen molar-refractivity contribution in [2.75, 3.05) is 49.1 Å². The molecule has 2 amide bonds. The molecule has 2 N–H and O–H groups in total. The minimum Gasteiger partial charge on any atom is -0.442 e.